The predicted molar refractivity (Wildman–Crippen MR) is 115 cm³/mol. The van der Waals surface area contributed by atoms with Crippen molar-refractivity contribution in [3.05, 3.63) is 28.3 Å². The lowest BCUT2D eigenvalue weighted by atomic mass is 10.0. The van der Waals surface area contributed by atoms with Crippen molar-refractivity contribution in [2.75, 3.05) is 26.2 Å². The summed E-state index contributed by atoms with van der Waals surface area (Å²) in [6, 6.07) is 2.22. The first-order valence-electron chi connectivity index (χ1n) is 10.9. The van der Waals surface area contributed by atoms with E-state index in [0.717, 1.165) is 35.1 Å². The van der Waals surface area contributed by atoms with Gasteiger partial charge in [-0.3, -0.25) is 4.79 Å². The van der Waals surface area contributed by atoms with Crippen molar-refractivity contribution >= 4 is 15.9 Å². The predicted octanol–water partition coefficient (Wildman–Crippen LogP) is 1.26. The van der Waals surface area contributed by atoms with Crippen molar-refractivity contribution in [1.82, 2.24) is 9.62 Å². The Balaban J connectivity index is 1.68. The van der Waals surface area contributed by atoms with Crippen molar-refractivity contribution in [2.24, 2.45) is 0 Å². The second-order valence-corrected chi connectivity index (χ2v) is 10.7. The normalized spacial score (nSPS) is 20.7. The quantitative estimate of drug-likeness (QED) is 0.750. The van der Waals surface area contributed by atoms with E-state index in [2.05, 4.69) is 11.4 Å². The van der Waals surface area contributed by atoms with Crippen LogP contribution >= 0.6 is 0 Å². The lowest BCUT2D eigenvalue weighted by Gasteiger charge is -2.35. The molecule has 0 spiro atoms. The Bertz CT molecular complexity index is 842. The lowest BCUT2D eigenvalue weighted by Crippen LogP contribution is -3.19. The summed E-state index contributed by atoms with van der Waals surface area (Å²) in [7, 11) is -3.54. The van der Waals surface area contributed by atoms with E-state index >= 15 is 0 Å². The number of carbonyl (C=O) groups is 1. The third-order valence-corrected chi connectivity index (χ3v) is 9.14. The molecule has 0 bridgehead atoms. The zero-order chi connectivity index (χ0) is 21.3. The molecule has 7 heteroatoms. The highest BCUT2D eigenvalue weighted by molar-refractivity contribution is 7.89. The number of carbonyl (C=O) groups excluding carboxylic acids is 1. The molecule has 1 aromatic carbocycles. The van der Waals surface area contributed by atoms with Crippen LogP contribution in [-0.4, -0.2) is 56.9 Å². The third-order valence-electron chi connectivity index (χ3n) is 6.97. The Morgan fingerprint density at radius 1 is 1.07 bits per heavy atom. The number of piperazine rings is 1. The highest BCUT2D eigenvalue weighted by atomic mass is 32.2. The summed E-state index contributed by atoms with van der Waals surface area (Å²) in [6.07, 6.45) is 4.54. The zero-order valence-corrected chi connectivity index (χ0v) is 19.3. The van der Waals surface area contributed by atoms with E-state index < -0.39 is 10.0 Å². The van der Waals surface area contributed by atoms with Crippen LogP contribution in [0.15, 0.2) is 11.0 Å². The van der Waals surface area contributed by atoms with Gasteiger partial charge in [0.1, 0.15) is 0 Å². The van der Waals surface area contributed by atoms with Crippen LogP contribution in [0.25, 0.3) is 0 Å². The molecule has 3 rings (SSSR count). The maximum atomic E-state index is 13.4. The first kappa shape index (κ1) is 22.2. The van der Waals surface area contributed by atoms with Crippen LogP contribution in [0, 0.1) is 27.7 Å². The van der Waals surface area contributed by atoms with Gasteiger partial charge in [-0.25, -0.2) is 8.42 Å². The fourth-order valence-electron chi connectivity index (χ4n) is 4.73. The fourth-order valence-corrected chi connectivity index (χ4v) is 6.74. The smallest absolute Gasteiger partial charge is 0.278 e. The summed E-state index contributed by atoms with van der Waals surface area (Å²) < 4.78 is 28.4. The van der Waals surface area contributed by atoms with E-state index in [-0.39, 0.29) is 11.9 Å². The maximum Gasteiger partial charge on any atom is 0.278 e. The SMILES string of the molecule is Cc1cc(C)c(C)c(S(=O)(=O)N2CC[NH+]([C@@H](C)C(=O)NC3CCCC3)CC2)c1C. The lowest BCUT2D eigenvalue weighted by molar-refractivity contribution is -0.917. The largest absolute Gasteiger partial charge is 0.348 e. The van der Waals surface area contributed by atoms with Gasteiger partial charge in [-0.1, -0.05) is 18.9 Å². The molecular weight excluding hydrogens is 386 g/mol. The molecule has 1 atom stereocenters. The first-order valence-corrected chi connectivity index (χ1v) is 12.3. The number of nitrogens with one attached hydrogen (secondary N) is 2. The molecular formula is C22H36N3O3S+. The number of hydrogen-bond acceptors (Lipinski definition) is 3. The van der Waals surface area contributed by atoms with Gasteiger partial charge in [0.25, 0.3) is 5.91 Å². The monoisotopic (exact) mass is 422 g/mol. The van der Waals surface area contributed by atoms with Gasteiger partial charge < -0.3 is 10.2 Å². The van der Waals surface area contributed by atoms with Gasteiger partial charge in [0, 0.05) is 6.04 Å². The molecule has 2 fully saturated rings. The maximum absolute atomic E-state index is 13.4. The second kappa shape index (κ2) is 8.74. The summed E-state index contributed by atoms with van der Waals surface area (Å²) in [5.74, 6) is 0.101. The van der Waals surface area contributed by atoms with Crippen LogP contribution in [0.2, 0.25) is 0 Å². The van der Waals surface area contributed by atoms with Crippen LogP contribution in [0.4, 0.5) is 0 Å². The van der Waals surface area contributed by atoms with E-state index in [0.29, 0.717) is 37.1 Å². The first-order chi connectivity index (χ1) is 13.6. The van der Waals surface area contributed by atoms with Crippen molar-refractivity contribution in [3.63, 3.8) is 0 Å². The van der Waals surface area contributed by atoms with Crippen molar-refractivity contribution < 1.29 is 18.1 Å². The van der Waals surface area contributed by atoms with Gasteiger partial charge in [-0.15, -0.1) is 0 Å². The number of hydrogen-bond donors (Lipinski definition) is 2. The number of sulfonamides is 1. The average Bonchev–Trinajstić information content (AvgIpc) is 3.19. The topological polar surface area (TPSA) is 70.9 Å². The Morgan fingerprint density at radius 2 is 1.59 bits per heavy atom. The molecule has 2 aliphatic rings. The van der Waals surface area contributed by atoms with Gasteiger partial charge in [0.2, 0.25) is 10.0 Å². The minimum Gasteiger partial charge on any atom is -0.348 e. The Hall–Kier alpha value is -1.44. The van der Waals surface area contributed by atoms with Gasteiger partial charge in [0.15, 0.2) is 6.04 Å². The van der Waals surface area contributed by atoms with E-state index in [1.165, 1.54) is 17.7 Å². The molecule has 0 radical (unpaired) electrons. The number of aryl methyl sites for hydroxylation is 2. The van der Waals surface area contributed by atoms with Crippen LogP contribution in [0.5, 0.6) is 0 Å². The minimum atomic E-state index is -3.54. The van der Waals surface area contributed by atoms with Crippen molar-refractivity contribution in [2.45, 2.75) is 77.3 Å². The number of amides is 1. The number of rotatable bonds is 5. The zero-order valence-electron chi connectivity index (χ0n) is 18.5. The van der Waals surface area contributed by atoms with Gasteiger partial charge >= 0.3 is 0 Å². The van der Waals surface area contributed by atoms with E-state index in [1.54, 1.807) is 4.31 Å². The minimum absolute atomic E-state index is 0.101. The van der Waals surface area contributed by atoms with Crippen LogP contribution in [0.1, 0.15) is 54.9 Å². The second-order valence-electron chi connectivity index (χ2n) is 8.86. The number of benzene rings is 1. The Morgan fingerprint density at radius 3 is 2.10 bits per heavy atom. The molecule has 2 N–H and O–H groups in total. The van der Waals surface area contributed by atoms with Crippen LogP contribution in [-0.2, 0) is 14.8 Å². The molecule has 1 saturated carbocycles. The molecule has 162 valence electrons. The number of quaternary nitrogens is 1. The fraction of sp³-hybridized carbons (Fsp3) is 0.682. The summed E-state index contributed by atoms with van der Waals surface area (Å²) >= 11 is 0. The molecule has 1 saturated heterocycles. The van der Waals surface area contributed by atoms with E-state index in [4.69, 9.17) is 0 Å². The molecule has 6 nitrogen and oxygen atoms in total. The molecule has 0 unspecified atom stereocenters. The average molecular weight is 423 g/mol. The highest BCUT2D eigenvalue weighted by Crippen LogP contribution is 2.28. The molecule has 1 aliphatic carbocycles. The van der Waals surface area contributed by atoms with E-state index in [9.17, 15) is 13.2 Å². The van der Waals surface area contributed by atoms with Gasteiger partial charge in [-0.2, -0.15) is 4.31 Å². The Labute approximate surface area is 175 Å². The van der Waals surface area contributed by atoms with Crippen LogP contribution < -0.4 is 10.2 Å². The third kappa shape index (κ3) is 4.52. The van der Waals surface area contributed by atoms with E-state index in [1.807, 2.05) is 34.6 Å². The molecule has 1 heterocycles. The van der Waals surface area contributed by atoms with Crippen molar-refractivity contribution in [1.29, 1.82) is 0 Å². The number of nitrogens with zero attached hydrogens (tertiary/aromatic N) is 1. The summed E-state index contributed by atoms with van der Waals surface area (Å²) in [4.78, 5) is 14.2. The van der Waals surface area contributed by atoms with Gasteiger partial charge in [-0.05, 0) is 69.7 Å². The molecule has 0 aromatic heterocycles. The molecule has 1 aliphatic heterocycles. The molecule has 29 heavy (non-hydrogen) atoms. The standard InChI is InChI=1S/C22H35N3O3S/c1-15-14-16(2)18(4)21(17(15)3)29(27,28)25-12-10-24(11-13-25)19(5)22(26)23-20-8-6-7-9-20/h14,19-20H,6-13H2,1-5H3,(H,23,26)/p+1/t19-/m0/s1. The summed E-state index contributed by atoms with van der Waals surface area (Å²) in [6.45, 7) is 11.9. The van der Waals surface area contributed by atoms with Gasteiger partial charge in [0.05, 0.1) is 31.1 Å². The highest BCUT2D eigenvalue weighted by Gasteiger charge is 2.36. The van der Waals surface area contributed by atoms with Crippen molar-refractivity contribution in [3.8, 4) is 0 Å². The van der Waals surface area contributed by atoms with Crippen LogP contribution in [0.3, 0.4) is 0 Å². The summed E-state index contributed by atoms with van der Waals surface area (Å²) in [5, 5.41) is 3.18. The Kier molecular flexibility index (Phi) is 6.70. The molecule has 1 amide bonds. The summed E-state index contributed by atoms with van der Waals surface area (Å²) in [5.41, 5.74) is 3.70. The molecule has 1 aromatic rings.